The second-order valence-electron chi connectivity index (χ2n) is 5.80. The van der Waals surface area contributed by atoms with Gasteiger partial charge in [0, 0.05) is 38.6 Å². The molecule has 1 aromatic carbocycles. The lowest BCUT2D eigenvalue weighted by molar-refractivity contribution is 0.0784. The van der Waals surface area contributed by atoms with Gasteiger partial charge in [-0.3, -0.25) is 4.79 Å². The number of morpholine rings is 1. The number of aromatic nitrogens is 1. The zero-order chi connectivity index (χ0) is 16.9. The van der Waals surface area contributed by atoms with Gasteiger partial charge in [0.15, 0.2) is 0 Å². The van der Waals surface area contributed by atoms with Gasteiger partial charge in [0.1, 0.15) is 5.15 Å². The molecule has 5 nitrogen and oxygen atoms in total. The van der Waals surface area contributed by atoms with Crippen molar-refractivity contribution in [3.63, 3.8) is 0 Å². The number of benzene rings is 1. The molecule has 6 heteroatoms. The van der Waals surface area contributed by atoms with Crippen molar-refractivity contribution < 1.29 is 9.53 Å². The molecule has 2 heterocycles. The maximum atomic E-state index is 12.4. The molecule has 0 spiro atoms. The monoisotopic (exact) mass is 345 g/mol. The molecule has 3 rings (SSSR count). The van der Waals surface area contributed by atoms with Crippen LogP contribution in [0.5, 0.6) is 0 Å². The standard InChI is InChI=1S/C18H20ClN3O2/c1-21(18(23)15-4-7-17(19)20-12-15)13-14-2-5-16(6-3-14)22-8-10-24-11-9-22/h2-7,12H,8-11,13H2,1H3. The molecule has 1 aliphatic rings. The Bertz CT molecular complexity index is 682. The Morgan fingerprint density at radius 2 is 1.92 bits per heavy atom. The van der Waals surface area contributed by atoms with Gasteiger partial charge in [-0.25, -0.2) is 4.98 Å². The van der Waals surface area contributed by atoms with E-state index in [1.165, 1.54) is 11.9 Å². The van der Waals surface area contributed by atoms with E-state index in [0.29, 0.717) is 17.3 Å². The van der Waals surface area contributed by atoms with Crippen LogP contribution in [0, 0.1) is 0 Å². The number of hydrogen-bond donors (Lipinski definition) is 0. The quantitative estimate of drug-likeness (QED) is 0.799. The zero-order valence-corrected chi connectivity index (χ0v) is 14.4. The highest BCUT2D eigenvalue weighted by Gasteiger charge is 2.14. The number of carbonyl (C=O) groups is 1. The lowest BCUT2D eigenvalue weighted by atomic mass is 10.1. The van der Waals surface area contributed by atoms with E-state index in [4.69, 9.17) is 16.3 Å². The molecular weight excluding hydrogens is 326 g/mol. The molecule has 24 heavy (non-hydrogen) atoms. The molecule has 0 aliphatic carbocycles. The highest BCUT2D eigenvalue weighted by Crippen LogP contribution is 2.18. The van der Waals surface area contributed by atoms with Crippen molar-refractivity contribution >= 4 is 23.2 Å². The van der Waals surface area contributed by atoms with Crippen LogP contribution in [0.25, 0.3) is 0 Å². The SMILES string of the molecule is CN(Cc1ccc(N2CCOCC2)cc1)C(=O)c1ccc(Cl)nc1. The summed E-state index contributed by atoms with van der Waals surface area (Å²) < 4.78 is 5.37. The van der Waals surface area contributed by atoms with Crippen LogP contribution in [0.15, 0.2) is 42.6 Å². The molecule has 1 aliphatic heterocycles. The summed E-state index contributed by atoms with van der Waals surface area (Å²) in [5.41, 5.74) is 2.81. The number of amides is 1. The molecule has 1 aromatic heterocycles. The van der Waals surface area contributed by atoms with Crippen molar-refractivity contribution in [2.45, 2.75) is 6.54 Å². The minimum absolute atomic E-state index is 0.0728. The van der Waals surface area contributed by atoms with E-state index in [1.54, 1.807) is 24.1 Å². The summed E-state index contributed by atoms with van der Waals surface area (Å²) in [7, 11) is 1.78. The Labute approximate surface area is 146 Å². The van der Waals surface area contributed by atoms with Crippen molar-refractivity contribution in [1.29, 1.82) is 0 Å². The maximum absolute atomic E-state index is 12.4. The Morgan fingerprint density at radius 3 is 2.54 bits per heavy atom. The Morgan fingerprint density at radius 1 is 1.21 bits per heavy atom. The number of anilines is 1. The molecule has 0 radical (unpaired) electrons. The smallest absolute Gasteiger partial charge is 0.255 e. The predicted octanol–water partition coefficient (Wildman–Crippen LogP) is 2.84. The number of rotatable bonds is 4. The van der Waals surface area contributed by atoms with Crippen LogP contribution < -0.4 is 4.90 Å². The fourth-order valence-electron chi connectivity index (χ4n) is 2.70. The first kappa shape index (κ1) is 16.7. The van der Waals surface area contributed by atoms with Crippen LogP contribution in [0.4, 0.5) is 5.69 Å². The van der Waals surface area contributed by atoms with Gasteiger partial charge in [0.05, 0.1) is 18.8 Å². The van der Waals surface area contributed by atoms with Crippen molar-refractivity contribution in [2.24, 2.45) is 0 Å². The topological polar surface area (TPSA) is 45.7 Å². The second kappa shape index (κ2) is 7.64. The number of carbonyl (C=O) groups excluding carboxylic acids is 1. The zero-order valence-electron chi connectivity index (χ0n) is 13.6. The minimum Gasteiger partial charge on any atom is -0.378 e. The molecule has 1 fully saturated rings. The van der Waals surface area contributed by atoms with E-state index < -0.39 is 0 Å². The molecule has 0 unspecified atom stereocenters. The fraction of sp³-hybridized carbons (Fsp3) is 0.333. The van der Waals surface area contributed by atoms with Crippen LogP contribution in [-0.2, 0) is 11.3 Å². The van der Waals surface area contributed by atoms with E-state index in [0.717, 1.165) is 31.9 Å². The van der Waals surface area contributed by atoms with E-state index >= 15 is 0 Å². The average Bonchev–Trinajstić information content (AvgIpc) is 2.63. The van der Waals surface area contributed by atoms with Gasteiger partial charge in [0.25, 0.3) is 5.91 Å². The van der Waals surface area contributed by atoms with Gasteiger partial charge >= 0.3 is 0 Å². The highest BCUT2D eigenvalue weighted by molar-refractivity contribution is 6.29. The van der Waals surface area contributed by atoms with E-state index in [-0.39, 0.29) is 5.91 Å². The molecule has 0 saturated carbocycles. The van der Waals surface area contributed by atoms with Gasteiger partial charge in [-0.1, -0.05) is 23.7 Å². The van der Waals surface area contributed by atoms with Gasteiger partial charge < -0.3 is 14.5 Å². The van der Waals surface area contributed by atoms with E-state index in [1.807, 2.05) is 0 Å². The summed E-state index contributed by atoms with van der Waals surface area (Å²) in [6.07, 6.45) is 1.50. The number of hydrogen-bond acceptors (Lipinski definition) is 4. The third kappa shape index (κ3) is 4.04. The first-order valence-electron chi connectivity index (χ1n) is 7.92. The molecular formula is C18H20ClN3O2. The number of ether oxygens (including phenoxy) is 1. The minimum atomic E-state index is -0.0728. The van der Waals surface area contributed by atoms with Crippen molar-refractivity contribution in [3.05, 3.63) is 58.9 Å². The van der Waals surface area contributed by atoms with E-state index in [9.17, 15) is 4.79 Å². The molecule has 1 saturated heterocycles. The molecule has 2 aromatic rings. The van der Waals surface area contributed by atoms with Crippen LogP contribution >= 0.6 is 11.6 Å². The number of halogens is 1. The predicted molar refractivity (Wildman–Crippen MR) is 94.5 cm³/mol. The van der Waals surface area contributed by atoms with Crippen LogP contribution in [0.2, 0.25) is 5.15 Å². The summed E-state index contributed by atoms with van der Waals surface area (Å²) in [4.78, 5) is 20.3. The third-order valence-corrected chi connectivity index (χ3v) is 4.28. The summed E-state index contributed by atoms with van der Waals surface area (Å²) in [6, 6.07) is 11.6. The van der Waals surface area contributed by atoms with E-state index in [2.05, 4.69) is 34.1 Å². The molecule has 1 amide bonds. The fourth-order valence-corrected chi connectivity index (χ4v) is 2.81. The normalized spacial score (nSPS) is 14.5. The lowest BCUT2D eigenvalue weighted by Gasteiger charge is -2.29. The summed E-state index contributed by atoms with van der Waals surface area (Å²) in [5, 5.41) is 0.382. The molecule has 0 atom stereocenters. The highest BCUT2D eigenvalue weighted by atomic mass is 35.5. The largest absolute Gasteiger partial charge is 0.378 e. The van der Waals surface area contributed by atoms with Crippen molar-refractivity contribution in [1.82, 2.24) is 9.88 Å². The first-order valence-corrected chi connectivity index (χ1v) is 8.30. The van der Waals surface area contributed by atoms with Crippen molar-refractivity contribution in [2.75, 3.05) is 38.3 Å². The summed E-state index contributed by atoms with van der Waals surface area (Å²) in [6.45, 7) is 3.93. The third-order valence-electron chi connectivity index (χ3n) is 4.05. The number of nitrogens with zero attached hydrogens (tertiary/aromatic N) is 3. The Hall–Kier alpha value is -2.11. The average molecular weight is 346 g/mol. The Kier molecular flexibility index (Phi) is 5.33. The molecule has 126 valence electrons. The number of pyridine rings is 1. The molecule has 0 N–H and O–H groups in total. The maximum Gasteiger partial charge on any atom is 0.255 e. The van der Waals surface area contributed by atoms with Crippen LogP contribution in [0.3, 0.4) is 0 Å². The van der Waals surface area contributed by atoms with Crippen molar-refractivity contribution in [3.8, 4) is 0 Å². The first-order chi connectivity index (χ1) is 11.6. The van der Waals surface area contributed by atoms with Gasteiger partial charge in [-0.05, 0) is 29.8 Å². The van der Waals surface area contributed by atoms with Crippen LogP contribution in [0.1, 0.15) is 15.9 Å². The van der Waals surface area contributed by atoms with Gasteiger partial charge in [0.2, 0.25) is 0 Å². The summed E-state index contributed by atoms with van der Waals surface area (Å²) >= 11 is 5.76. The lowest BCUT2D eigenvalue weighted by Crippen LogP contribution is -2.36. The second-order valence-corrected chi connectivity index (χ2v) is 6.18. The summed E-state index contributed by atoms with van der Waals surface area (Å²) in [5.74, 6) is -0.0728. The Balaban J connectivity index is 1.62. The van der Waals surface area contributed by atoms with Gasteiger partial charge in [-0.15, -0.1) is 0 Å². The van der Waals surface area contributed by atoms with Crippen LogP contribution in [-0.4, -0.2) is 49.1 Å². The molecule has 0 bridgehead atoms. The van der Waals surface area contributed by atoms with Gasteiger partial charge in [-0.2, -0.15) is 0 Å².